The van der Waals surface area contributed by atoms with Crippen LogP contribution in [0, 0.1) is 0 Å². The Morgan fingerprint density at radius 1 is 1.18 bits per heavy atom. The number of hydrogen-bond acceptors (Lipinski definition) is 4. The van der Waals surface area contributed by atoms with E-state index in [-0.39, 0.29) is 24.5 Å². The van der Waals surface area contributed by atoms with Gasteiger partial charge in [-0.05, 0) is 43.7 Å². The summed E-state index contributed by atoms with van der Waals surface area (Å²) >= 11 is 0. The molecule has 0 bridgehead atoms. The minimum Gasteiger partial charge on any atom is -0.477 e. The van der Waals surface area contributed by atoms with Gasteiger partial charge in [-0.25, -0.2) is 4.98 Å². The number of carbonyl (C=O) groups is 2. The van der Waals surface area contributed by atoms with Gasteiger partial charge < -0.3 is 15.0 Å². The van der Waals surface area contributed by atoms with Crippen LogP contribution in [0.25, 0.3) is 0 Å². The van der Waals surface area contributed by atoms with E-state index in [1.807, 2.05) is 0 Å². The van der Waals surface area contributed by atoms with Crippen molar-refractivity contribution in [3.63, 3.8) is 0 Å². The average Bonchev–Trinajstić information content (AvgIpc) is 2.66. The van der Waals surface area contributed by atoms with Crippen LogP contribution in [-0.2, 0) is 11.3 Å². The van der Waals surface area contributed by atoms with Crippen LogP contribution in [0.5, 0.6) is 5.88 Å². The third-order valence-corrected chi connectivity index (χ3v) is 3.77. The minimum atomic E-state index is -4.93. The molecule has 1 heterocycles. The van der Waals surface area contributed by atoms with Crippen LogP contribution in [0.3, 0.4) is 0 Å². The van der Waals surface area contributed by atoms with Gasteiger partial charge in [0.25, 0.3) is 5.91 Å². The monoisotopic (exact) mass is 395 g/mol. The second-order valence-corrected chi connectivity index (χ2v) is 5.76. The van der Waals surface area contributed by atoms with Gasteiger partial charge in [0, 0.05) is 25.0 Å². The summed E-state index contributed by atoms with van der Waals surface area (Å²) in [6.07, 6.45) is -3.43. The number of benzene rings is 1. The molecule has 9 heteroatoms. The molecule has 0 saturated heterocycles. The Morgan fingerprint density at radius 3 is 2.57 bits per heavy atom. The Bertz CT molecular complexity index is 840. The third kappa shape index (κ3) is 5.45. The molecule has 0 aliphatic heterocycles. The second-order valence-electron chi connectivity index (χ2n) is 5.76. The number of nitrogens with zero attached hydrogens (tertiary/aromatic N) is 2. The molecule has 0 saturated carbocycles. The first-order valence-electron chi connectivity index (χ1n) is 8.60. The van der Waals surface area contributed by atoms with Gasteiger partial charge in [0.05, 0.1) is 6.61 Å². The van der Waals surface area contributed by atoms with E-state index in [0.717, 1.165) is 0 Å². The first-order chi connectivity index (χ1) is 13.3. The van der Waals surface area contributed by atoms with Gasteiger partial charge in [-0.1, -0.05) is 12.1 Å². The van der Waals surface area contributed by atoms with E-state index in [9.17, 15) is 22.8 Å². The van der Waals surface area contributed by atoms with E-state index >= 15 is 0 Å². The van der Waals surface area contributed by atoms with Crippen LogP contribution >= 0.6 is 0 Å². The molecule has 6 nitrogen and oxygen atoms in total. The van der Waals surface area contributed by atoms with Crippen LogP contribution < -0.4 is 10.1 Å². The zero-order valence-corrected chi connectivity index (χ0v) is 15.4. The Morgan fingerprint density at radius 2 is 1.93 bits per heavy atom. The lowest BCUT2D eigenvalue weighted by atomic mass is 10.1. The van der Waals surface area contributed by atoms with Crippen molar-refractivity contribution in [3.05, 3.63) is 53.7 Å². The highest BCUT2D eigenvalue weighted by Crippen LogP contribution is 2.22. The number of alkyl halides is 3. The second kappa shape index (κ2) is 9.20. The maximum atomic E-state index is 12.7. The lowest BCUT2D eigenvalue weighted by Crippen LogP contribution is -2.40. The van der Waals surface area contributed by atoms with Crippen molar-refractivity contribution < 1.29 is 27.5 Å². The number of ether oxygens (including phenoxy) is 1. The quantitative estimate of drug-likeness (QED) is 0.777. The summed E-state index contributed by atoms with van der Waals surface area (Å²) in [6.45, 7) is 3.25. The molecule has 1 N–H and O–H groups in total. The molecule has 150 valence electrons. The van der Waals surface area contributed by atoms with E-state index in [1.165, 1.54) is 19.2 Å². The standard InChI is InChI=1S/C19H20F3N3O3/c1-3-25(18(27)19(20,21)22)12-13-7-5-8-14(11-13)24-16(26)15-9-6-10-23-17(15)28-4-2/h5-11H,3-4,12H2,1-2H3,(H,24,26). The van der Waals surface area contributed by atoms with Crippen LogP contribution in [0.4, 0.5) is 18.9 Å². The number of hydrogen-bond donors (Lipinski definition) is 1. The highest BCUT2D eigenvalue weighted by molar-refractivity contribution is 6.05. The number of amides is 2. The van der Waals surface area contributed by atoms with E-state index in [1.54, 1.807) is 37.3 Å². The van der Waals surface area contributed by atoms with E-state index in [0.29, 0.717) is 22.8 Å². The summed E-state index contributed by atoms with van der Waals surface area (Å²) in [7, 11) is 0. The lowest BCUT2D eigenvalue weighted by Gasteiger charge is -2.22. The number of carbonyl (C=O) groups excluding carboxylic acids is 2. The molecule has 0 aliphatic carbocycles. The zero-order valence-electron chi connectivity index (χ0n) is 15.4. The largest absolute Gasteiger partial charge is 0.477 e. The molecule has 2 rings (SSSR count). The van der Waals surface area contributed by atoms with Gasteiger partial charge in [0.1, 0.15) is 5.56 Å². The summed E-state index contributed by atoms with van der Waals surface area (Å²) < 4.78 is 43.3. The smallest absolute Gasteiger partial charge is 0.471 e. The molecule has 1 aromatic carbocycles. The molecule has 2 aromatic rings. The van der Waals surface area contributed by atoms with Crippen molar-refractivity contribution in [1.29, 1.82) is 0 Å². The Balaban J connectivity index is 2.15. The van der Waals surface area contributed by atoms with Crippen LogP contribution in [-0.4, -0.2) is 41.0 Å². The van der Waals surface area contributed by atoms with Crippen LogP contribution in [0.2, 0.25) is 0 Å². The van der Waals surface area contributed by atoms with Crippen molar-refractivity contribution in [2.24, 2.45) is 0 Å². The normalized spacial score (nSPS) is 11.0. The fraction of sp³-hybridized carbons (Fsp3) is 0.316. The van der Waals surface area contributed by atoms with Crippen LogP contribution in [0.1, 0.15) is 29.8 Å². The molecule has 2 amide bonds. The molecule has 1 aromatic heterocycles. The highest BCUT2D eigenvalue weighted by Gasteiger charge is 2.41. The molecule has 28 heavy (non-hydrogen) atoms. The van der Waals surface area contributed by atoms with Gasteiger partial charge in [0.2, 0.25) is 5.88 Å². The Labute approximate surface area is 160 Å². The van der Waals surface area contributed by atoms with Gasteiger partial charge in [-0.2, -0.15) is 13.2 Å². The summed E-state index contributed by atoms with van der Waals surface area (Å²) in [5.41, 5.74) is 1.06. The molecule has 0 unspecified atom stereocenters. The maximum absolute atomic E-state index is 12.7. The minimum absolute atomic E-state index is 0.0949. The summed E-state index contributed by atoms with van der Waals surface area (Å²) in [5.74, 6) is -2.18. The summed E-state index contributed by atoms with van der Waals surface area (Å²) in [5, 5.41) is 2.66. The summed E-state index contributed by atoms with van der Waals surface area (Å²) in [6, 6.07) is 9.43. The van der Waals surface area contributed by atoms with Crippen molar-refractivity contribution in [3.8, 4) is 5.88 Å². The Kier molecular flexibility index (Phi) is 6.97. The molecule has 0 aliphatic rings. The number of halogens is 3. The van der Waals surface area contributed by atoms with Gasteiger partial charge in [0.15, 0.2) is 0 Å². The van der Waals surface area contributed by atoms with E-state index < -0.39 is 18.0 Å². The molecular weight excluding hydrogens is 375 g/mol. The van der Waals surface area contributed by atoms with E-state index in [4.69, 9.17) is 4.74 Å². The predicted octanol–water partition coefficient (Wildman–Crippen LogP) is 3.64. The molecule has 0 atom stereocenters. The van der Waals surface area contributed by atoms with Crippen molar-refractivity contribution in [2.75, 3.05) is 18.5 Å². The molecule has 0 fully saturated rings. The fourth-order valence-electron chi connectivity index (χ4n) is 2.49. The van der Waals surface area contributed by atoms with Crippen LogP contribution in [0.15, 0.2) is 42.6 Å². The lowest BCUT2D eigenvalue weighted by molar-refractivity contribution is -0.185. The number of anilines is 1. The maximum Gasteiger partial charge on any atom is 0.471 e. The predicted molar refractivity (Wildman–Crippen MR) is 96.9 cm³/mol. The van der Waals surface area contributed by atoms with Crippen molar-refractivity contribution in [2.45, 2.75) is 26.6 Å². The first kappa shape index (κ1) is 21.2. The molecular formula is C19H20F3N3O3. The van der Waals surface area contributed by atoms with Gasteiger partial charge in [-0.15, -0.1) is 0 Å². The topological polar surface area (TPSA) is 71.5 Å². The number of aromatic nitrogens is 1. The number of nitrogens with one attached hydrogen (secondary N) is 1. The fourth-order valence-corrected chi connectivity index (χ4v) is 2.49. The molecule has 0 radical (unpaired) electrons. The number of rotatable bonds is 7. The zero-order chi connectivity index (χ0) is 20.7. The van der Waals surface area contributed by atoms with Gasteiger partial charge >= 0.3 is 12.1 Å². The van der Waals surface area contributed by atoms with Crippen molar-refractivity contribution >= 4 is 17.5 Å². The average molecular weight is 395 g/mol. The highest BCUT2D eigenvalue weighted by atomic mass is 19.4. The molecule has 0 spiro atoms. The van der Waals surface area contributed by atoms with Crippen molar-refractivity contribution in [1.82, 2.24) is 9.88 Å². The Hall–Kier alpha value is -3.10. The first-order valence-corrected chi connectivity index (χ1v) is 8.60. The SMILES string of the molecule is CCOc1ncccc1C(=O)Nc1cccc(CN(CC)C(=O)C(F)(F)F)c1. The number of pyridine rings is 1. The third-order valence-electron chi connectivity index (χ3n) is 3.77. The van der Waals surface area contributed by atoms with E-state index in [2.05, 4.69) is 10.3 Å². The summed E-state index contributed by atoms with van der Waals surface area (Å²) in [4.78, 5) is 28.6. The van der Waals surface area contributed by atoms with Gasteiger partial charge in [-0.3, -0.25) is 9.59 Å².